The van der Waals surface area contributed by atoms with Gasteiger partial charge in [0.25, 0.3) is 0 Å². The average Bonchev–Trinajstić information content (AvgIpc) is 2.71. The molecule has 3 nitrogen and oxygen atoms in total. The summed E-state index contributed by atoms with van der Waals surface area (Å²) in [6.07, 6.45) is 0. The zero-order chi connectivity index (χ0) is 13.6. The Bertz CT molecular complexity index is 777. The smallest absolute Gasteiger partial charge is 0.213 e. The van der Waals surface area contributed by atoms with Crippen LogP contribution >= 0.6 is 0 Å². The lowest BCUT2D eigenvalue weighted by Crippen LogP contribution is -1.97. The van der Waals surface area contributed by atoms with Crippen molar-refractivity contribution in [1.82, 2.24) is 9.55 Å². The van der Waals surface area contributed by atoms with Gasteiger partial charge >= 0.3 is 0 Å². The molecule has 0 fully saturated rings. The van der Waals surface area contributed by atoms with Crippen LogP contribution < -0.4 is 4.74 Å². The van der Waals surface area contributed by atoms with Gasteiger partial charge in [-0.05, 0) is 26.0 Å². The molecule has 0 aliphatic rings. The van der Waals surface area contributed by atoms with Gasteiger partial charge in [-0.2, -0.15) is 4.39 Å². The van der Waals surface area contributed by atoms with Crippen molar-refractivity contribution >= 4 is 21.8 Å². The van der Waals surface area contributed by atoms with E-state index in [1.807, 2.05) is 25.1 Å². The molecule has 2 heterocycles. The first-order valence-electron chi connectivity index (χ1n) is 6.28. The van der Waals surface area contributed by atoms with Crippen LogP contribution in [0.3, 0.4) is 0 Å². The minimum absolute atomic E-state index is 0.434. The highest BCUT2D eigenvalue weighted by molar-refractivity contribution is 6.09. The molecular formula is C15H15FN2O. The summed E-state index contributed by atoms with van der Waals surface area (Å²) in [5, 5.41) is 1.94. The number of aryl methyl sites for hydroxylation is 2. The van der Waals surface area contributed by atoms with Crippen LogP contribution in [0.4, 0.5) is 4.39 Å². The molecule has 0 aliphatic heterocycles. The van der Waals surface area contributed by atoms with E-state index in [9.17, 15) is 4.39 Å². The lowest BCUT2D eigenvalue weighted by molar-refractivity contribution is 0.415. The molecule has 0 atom stereocenters. The molecule has 0 saturated carbocycles. The zero-order valence-corrected chi connectivity index (χ0v) is 11.2. The standard InChI is InChI=1S/C15H15FN2O/c1-4-18-13-7-10(19-3)5-6-11(13)12-8-14(16)17-9(2)15(12)18/h5-8H,4H2,1-3H3. The summed E-state index contributed by atoms with van der Waals surface area (Å²) in [5.41, 5.74) is 2.76. The lowest BCUT2D eigenvalue weighted by Gasteiger charge is -2.05. The molecule has 0 radical (unpaired) electrons. The maximum absolute atomic E-state index is 13.5. The quantitative estimate of drug-likeness (QED) is 0.656. The number of fused-ring (bicyclic) bond motifs is 3. The Kier molecular flexibility index (Phi) is 2.66. The van der Waals surface area contributed by atoms with Crippen molar-refractivity contribution in [1.29, 1.82) is 0 Å². The third-order valence-electron chi connectivity index (χ3n) is 3.51. The predicted octanol–water partition coefficient (Wildman–Crippen LogP) is 3.67. The van der Waals surface area contributed by atoms with Gasteiger partial charge in [-0.1, -0.05) is 0 Å². The van der Waals surface area contributed by atoms with Crippen molar-refractivity contribution in [2.45, 2.75) is 20.4 Å². The van der Waals surface area contributed by atoms with Crippen LogP contribution in [0.2, 0.25) is 0 Å². The van der Waals surface area contributed by atoms with Crippen LogP contribution in [0.1, 0.15) is 12.6 Å². The van der Waals surface area contributed by atoms with Gasteiger partial charge in [0.15, 0.2) is 0 Å². The topological polar surface area (TPSA) is 27.1 Å². The molecule has 0 aliphatic carbocycles. The van der Waals surface area contributed by atoms with Crippen LogP contribution in [0, 0.1) is 12.9 Å². The van der Waals surface area contributed by atoms with Crippen LogP contribution in [0.5, 0.6) is 5.75 Å². The van der Waals surface area contributed by atoms with E-state index in [-0.39, 0.29) is 0 Å². The van der Waals surface area contributed by atoms with E-state index < -0.39 is 5.95 Å². The van der Waals surface area contributed by atoms with E-state index in [0.29, 0.717) is 5.69 Å². The van der Waals surface area contributed by atoms with E-state index in [0.717, 1.165) is 34.1 Å². The Morgan fingerprint density at radius 2 is 2.05 bits per heavy atom. The molecule has 0 unspecified atom stereocenters. The number of benzene rings is 1. The van der Waals surface area contributed by atoms with E-state index in [2.05, 4.69) is 16.5 Å². The average molecular weight is 258 g/mol. The van der Waals surface area contributed by atoms with Crippen LogP contribution in [0.15, 0.2) is 24.3 Å². The summed E-state index contributed by atoms with van der Waals surface area (Å²) >= 11 is 0. The lowest BCUT2D eigenvalue weighted by atomic mass is 10.1. The van der Waals surface area contributed by atoms with Crippen molar-refractivity contribution in [3.63, 3.8) is 0 Å². The summed E-state index contributed by atoms with van der Waals surface area (Å²) in [4.78, 5) is 3.93. The van der Waals surface area contributed by atoms with Gasteiger partial charge in [-0.15, -0.1) is 0 Å². The highest BCUT2D eigenvalue weighted by Crippen LogP contribution is 2.32. The normalized spacial score (nSPS) is 11.4. The molecule has 98 valence electrons. The van der Waals surface area contributed by atoms with Gasteiger partial charge in [0.05, 0.1) is 23.8 Å². The second-order valence-electron chi connectivity index (χ2n) is 4.55. The molecule has 0 amide bonds. The van der Waals surface area contributed by atoms with Crippen LogP contribution in [-0.4, -0.2) is 16.7 Å². The molecule has 1 aromatic carbocycles. The fraction of sp³-hybridized carbons (Fsp3) is 0.267. The Labute approximate surface area is 110 Å². The molecule has 3 aromatic rings. The molecule has 0 bridgehead atoms. The molecule has 0 N–H and O–H groups in total. The summed E-state index contributed by atoms with van der Waals surface area (Å²) in [6, 6.07) is 7.36. The zero-order valence-electron chi connectivity index (χ0n) is 11.2. The highest BCUT2D eigenvalue weighted by Gasteiger charge is 2.14. The highest BCUT2D eigenvalue weighted by atomic mass is 19.1. The third-order valence-corrected chi connectivity index (χ3v) is 3.51. The number of aromatic nitrogens is 2. The molecule has 4 heteroatoms. The van der Waals surface area contributed by atoms with Gasteiger partial charge in [-0.3, -0.25) is 0 Å². The minimum atomic E-state index is -0.434. The Morgan fingerprint density at radius 1 is 1.26 bits per heavy atom. The second-order valence-corrected chi connectivity index (χ2v) is 4.55. The fourth-order valence-corrected chi connectivity index (χ4v) is 2.71. The van der Waals surface area contributed by atoms with Crippen molar-refractivity contribution in [3.05, 3.63) is 35.9 Å². The molecule has 19 heavy (non-hydrogen) atoms. The SMILES string of the molecule is CCn1c2cc(OC)ccc2c2cc(F)nc(C)c21. The number of pyridine rings is 1. The monoisotopic (exact) mass is 258 g/mol. The van der Waals surface area contributed by atoms with Gasteiger partial charge in [0.1, 0.15) is 5.75 Å². The van der Waals surface area contributed by atoms with Gasteiger partial charge in [0.2, 0.25) is 5.95 Å². The molecular weight excluding hydrogens is 243 g/mol. The van der Waals surface area contributed by atoms with Crippen molar-refractivity contribution in [3.8, 4) is 5.75 Å². The van der Waals surface area contributed by atoms with Gasteiger partial charge in [0, 0.05) is 29.4 Å². The fourth-order valence-electron chi connectivity index (χ4n) is 2.71. The van der Waals surface area contributed by atoms with E-state index in [1.165, 1.54) is 6.07 Å². The van der Waals surface area contributed by atoms with E-state index in [4.69, 9.17) is 4.74 Å². The maximum Gasteiger partial charge on any atom is 0.213 e. The number of hydrogen-bond donors (Lipinski definition) is 0. The first-order valence-corrected chi connectivity index (χ1v) is 6.28. The van der Waals surface area contributed by atoms with Crippen LogP contribution in [0.25, 0.3) is 21.8 Å². The molecule has 0 saturated heterocycles. The minimum Gasteiger partial charge on any atom is -0.497 e. The maximum atomic E-state index is 13.5. The third kappa shape index (κ3) is 1.67. The molecule has 0 spiro atoms. The van der Waals surface area contributed by atoms with Crippen molar-refractivity contribution in [2.75, 3.05) is 7.11 Å². The summed E-state index contributed by atoms with van der Waals surface area (Å²) in [7, 11) is 1.65. The summed E-state index contributed by atoms with van der Waals surface area (Å²) in [5.74, 6) is 0.368. The number of halogens is 1. The Hall–Kier alpha value is -2.10. The molecule has 2 aromatic heterocycles. The number of methoxy groups -OCH3 is 1. The number of nitrogens with zero attached hydrogens (tertiary/aromatic N) is 2. The van der Waals surface area contributed by atoms with E-state index >= 15 is 0 Å². The Balaban J connectivity index is 2.53. The first kappa shape index (κ1) is 12.0. The van der Waals surface area contributed by atoms with E-state index in [1.54, 1.807) is 7.11 Å². The Morgan fingerprint density at radius 3 is 2.74 bits per heavy atom. The summed E-state index contributed by atoms with van der Waals surface area (Å²) in [6.45, 7) is 4.72. The largest absolute Gasteiger partial charge is 0.497 e. The first-order chi connectivity index (χ1) is 9.15. The second kappa shape index (κ2) is 4.23. The van der Waals surface area contributed by atoms with Crippen molar-refractivity contribution < 1.29 is 9.13 Å². The molecule has 3 rings (SSSR count). The van der Waals surface area contributed by atoms with Gasteiger partial charge in [-0.25, -0.2) is 4.98 Å². The van der Waals surface area contributed by atoms with Gasteiger partial charge < -0.3 is 9.30 Å². The summed E-state index contributed by atoms with van der Waals surface area (Å²) < 4.78 is 21.0. The predicted molar refractivity (Wildman–Crippen MR) is 74.2 cm³/mol. The van der Waals surface area contributed by atoms with Crippen LogP contribution in [-0.2, 0) is 6.54 Å². The van der Waals surface area contributed by atoms with Crippen molar-refractivity contribution in [2.24, 2.45) is 0 Å². The number of ether oxygens (including phenoxy) is 1. The number of hydrogen-bond acceptors (Lipinski definition) is 2. The number of rotatable bonds is 2.